The van der Waals surface area contributed by atoms with E-state index in [2.05, 4.69) is 4.74 Å². The van der Waals surface area contributed by atoms with E-state index in [1.54, 1.807) is 6.92 Å². The molecule has 0 aliphatic carbocycles. The van der Waals surface area contributed by atoms with Gasteiger partial charge < -0.3 is 4.74 Å². The molecule has 0 aliphatic rings. The maximum atomic E-state index is 12.2. The first-order chi connectivity index (χ1) is 4.77. The van der Waals surface area contributed by atoms with E-state index in [9.17, 15) is 8.78 Å². The lowest BCUT2D eigenvalue weighted by Crippen LogP contribution is -2.35. The minimum absolute atomic E-state index is 0.350. The van der Waals surface area contributed by atoms with Crippen molar-refractivity contribution in [2.45, 2.75) is 39.6 Å². The maximum absolute atomic E-state index is 12.2. The minimum atomic E-state index is -3.14. The highest BCUT2D eigenvalue weighted by molar-refractivity contribution is 4.55. The van der Waals surface area contributed by atoms with E-state index < -0.39 is 11.9 Å². The van der Waals surface area contributed by atoms with Crippen LogP contribution in [0.5, 0.6) is 0 Å². The van der Waals surface area contributed by atoms with Crippen LogP contribution >= 0.6 is 0 Å². The summed E-state index contributed by atoms with van der Waals surface area (Å²) in [5.41, 5.74) is 0. The van der Waals surface area contributed by atoms with Gasteiger partial charge >= 0.3 is 6.11 Å². The van der Waals surface area contributed by atoms with Gasteiger partial charge in [0, 0.05) is 13.5 Å². The van der Waals surface area contributed by atoms with Crippen molar-refractivity contribution in [2.24, 2.45) is 0 Å². The number of halogens is 2. The summed E-state index contributed by atoms with van der Waals surface area (Å²) in [6, 6.07) is 0. The molecule has 0 N–H and O–H groups in total. The van der Waals surface area contributed by atoms with Crippen LogP contribution in [0.2, 0.25) is 0 Å². The molecule has 0 aromatic heterocycles. The molecule has 0 heterocycles. The molecule has 0 bridgehead atoms. The van der Waals surface area contributed by atoms with E-state index in [0.717, 1.165) is 0 Å². The van der Waals surface area contributed by atoms with Gasteiger partial charge in [-0.15, -0.1) is 0 Å². The summed E-state index contributed by atoms with van der Waals surface area (Å²) in [4.78, 5) is 0. The Hall–Kier alpha value is -0.220. The van der Waals surface area contributed by atoms with Gasteiger partial charge in [-0.2, -0.15) is 8.78 Å². The third kappa shape index (κ3) is 6.19. The highest BCUT2D eigenvalue weighted by atomic mass is 19.3. The van der Waals surface area contributed by atoms with Gasteiger partial charge in [0.05, 0.1) is 0 Å². The van der Waals surface area contributed by atoms with Crippen LogP contribution < -0.4 is 0 Å². The topological polar surface area (TPSA) is 18.5 Å². The molecule has 0 fully saturated rings. The normalized spacial score (nSPS) is 13.6. The number of hydrogen-bond donors (Lipinski definition) is 0. The lowest BCUT2D eigenvalue weighted by molar-refractivity contribution is -0.345. The van der Waals surface area contributed by atoms with E-state index >= 15 is 0 Å². The smallest absolute Gasteiger partial charge is 0.351 e. The highest BCUT2D eigenvalue weighted by Crippen LogP contribution is 2.23. The van der Waals surface area contributed by atoms with Crippen LogP contribution in [-0.4, -0.2) is 18.5 Å². The summed E-state index contributed by atoms with van der Waals surface area (Å²) in [5, 5.41) is 0. The zero-order chi connectivity index (χ0) is 9.12. The van der Waals surface area contributed by atoms with Crippen LogP contribution in [0.15, 0.2) is 0 Å². The predicted molar refractivity (Wildman–Crippen MR) is 37.4 cm³/mol. The Morgan fingerprint density at radius 3 is 1.91 bits per heavy atom. The van der Waals surface area contributed by atoms with Crippen LogP contribution in [-0.2, 0) is 9.47 Å². The van der Waals surface area contributed by atoms with Gasteiger partial charge in [-0.05, 0) is 20.8 Å². The molecule has 11 heavy (non-hydrogen) atoms. The summed E-state index contributed by atoms with van der Waals surface area (Å²) < 4.78 is 33.7. The van der Waals surface area contributed by atoms with Gasteiger partial charge in [-0.3, -0.25) is 4.74 Å². The fraction of sp³-hybridized carbons (Fsp3) is 1.00. The molecule has 0 spiro atoms. The van der Waals surface area contributed by atoms with E-state index in [0.29, 0.717) is 13.5 Å². The molecule has 0 radical (unpaired) electrons. The standard InChI is InChI=1S/C7H14F2O2/c1-5-10-6(2,3)11-7(4,8)9/h5H2,1-4H3. The molecule has 68 valence electrons. The SMILES string of the molecule is CCOC(C)(C)OC(C)(F)F. The first-order valence-corrected chi connectivity index (χ1v) is 3.49. The first-order valence-electron chi connectivity index (χ1n) is 3.49. The van der Waals surface area contributed by atoms with Crippen LogP contribution in [0.1, 0.15) is 27.7 Å². The minimum Gasteiger partial charge on any atom is -0.351 e. The van der Waals surface area contributed by atoms with Crippen LogP contribution in [0.3, 0.4) is 0 Å². The average molecular weight is 168 g/mol. The van der Waals surface area contributed by atoms with Gasteiger partial charge in [0.25, 0.3) is 0 Å². The molecule has 0 amide bonds. The van der Waals surface area contributed by atoms with Crippen LogP contribution in [0.25, 0.3) is 0 Å². The number of hydrogen-bond acceptors (Lipinski definition) is 2. The van der Waals surface area contributed by atoms with Crippen molar-refractivity contribution in [3.8, 4) is 0 Å². The molecule has 0 aromatic rings. The highest BCUT2D eigenvalue weighted by Gasteiger charge is 2.32. The second-order valence-corrected chi connectivity index (χ2v) is 2.74. The monoisotopic (exact) mass is 168 g/mol. The first kappa shape index (κ1) is 10.8. The number of rotatable bonds is 4. The molecule has 2 nitrogen and oxygen atoms in total. The second-order valence-electron chi connectivity index (χ2n) is 2.74. The van der Waals surface area contributed by atoms with E-state index in [-0.39, 0.29) is 0 Å². The third-order valence-corrected chi connectivity index (χ3v) is 0.917. The van der Waals surface area contributed by atoms with Crippen molar-refractivity contribution in [1.82, 2.24) is 0 Å². The molecule has 0 unspecified atom stereocenters. The lowest BCUT2D eigenvalue weighted by Gasteiger charge is -2.27. The van der Waals surface area contributed by atoms with Crippen LogP contribution in [0, 0.1) is 0 Å². The zero-order valence-corrected chi connectivity index (χ0v) is 7.28. The zero-order valence-electron chi connectivity index (χ0n) is 7.28. The average Bonchev–Trinajstić information content (AvgIpc) is 1.55. The Bertz CT molecular complexity index is 118. The van der Waals surface area contributed by atoms with Gasteiger partial charge in [-0.1, -0.05) is 0 Å². The third-order valence-electron chi connectivity index (χ3n) is 0.917. The van der Waals surface area contributed by atoms with Crippen molar-refractivity contribution in [3.63, 3.8) is 0 Å². The molecule has 0 aliphatic heterocycles. The fourth-order valence-corrected chi connectivity index (χ4v) is 0.809. The van der Waals surface area contributed by atoms with Crippen molar-refractivity contribution in [2.75, 3.05) is 6.61 Å². The summed E-state index contributed by atoms with van der Waals surface area (Å²) in [6.45, 7) is 5.66. The van der Waals surface area contributed by atoms with Gasteiger partial charge in [0.2, 0.25) is 0 Å². The Labute approximate surface area is 65.5 Å². The second kappa shape index (κ2) is 3.45. The van der Waals surface area contributed by atoms with Gasteiger partial charge in [0.1, 0.15) is 0 Å². The Balaban J connectivity index is 3.91. The largest absolute Gasteiger partial charge is 0.355 e. The van der Waals surface area contributed by atoms with E-state index in [1.165, 1.54) is 13.8 Å². The lowest BCUT2D eigenvalue weighted by atomic mass is 10.4. The van der Waals surface area contributed by atoms with Crippen molar-refractivity contribution < 1.29 is 18.3 Å². The molecule has 4 heteroatoms. The Kier molecular flexibility index (Phi) is 3.38. The molecule has 0 atom stereocenters. The molecular weight excluding hydrogens is 154 g/mol. The quantitative estimate of drug-likeness (QED) is 0.600. The summed E-state index contributed by atoms with van der Waals surface area (Å²) >= 11 is 0. The van der Waals surface area contributed by atoms with Crippen molar-refractivity contribution in [1.29, 1.82) is 0 Å². The van der Waals surface area contributed by atoms with Crippen LogP contribution in [0.4, 0.5) is 8.78 Å². The summed E-state index contributed by atoms with van der Waals surface area (Å²) in [7, 11) is 0. The van der Waals surface area contributed by atoms with Gasteiger partial charge in [0.15, 0.2) is 5.79 Å². The predicted octanol–water partition coefficient (Wildman–Crippen LogP) is 2.39. The molecule has 0 rings (SSSR count). The number of ether oxygens (including phenoxy) is 2. The summed E-state index contributed by atoms with van der Waals surface area (Å²) in [5.74, 6) is -1.22. The number of alkyl halides is 2. The Morgan fingerprint density at radius 2 is 1.64 bits per heavy atom. The van der Waals surface area contributed by atoms with Gasteiger partial charge in [-0.25, -0.2) is 0 Å². The van der Waals surface area contributed by atoms with E-state index in [1.807, 2.05) is 0 Å². The summed E-state index contributed by atoms with van der Waals surface area (Å²) in [6.07, 6.45) is -3.14. The molecule has 0 aromatic carbocycles. The van der Waals surface area contributed by atoms with Crippen molar-refractivity contribution in [3.05, 3.63) is 0 Å². The van der Waals surface area contributed by atoms with E-state index in [4.69, 9.17) is 4.74 Å². The molecule has 0 saturated carbocycles. The maximum Gasteiger partial charge on any atom is 0.355 e. The van der Waals surface area contributed by atoms with Crippen molar-refractivity contribution >= 4 is 0 Å². The molecular formula is C7H14F2O2. The Morgan fingerprint density at radius 1 is 1.18 bits per heavy atom. The molecule has 0 saturated heterocycles. The fourth-order valence-electron chi connectivity index (χ4n) is 0.809.